The molecule has 0 aromatic heterocycles. The van der Waals surface area contributed by atoms with Crippen molar-refractivity contribution in [2.24, 2.45) is 5.41 Å². The summed E-state index contributed by atoms with van der Waals surface area (Å²) in [7, 11) is 0. The molecular weight excluding hydrogens is 278 g/mol. The highest BCUT2D eigenvalue weighted by Crippen LogP contribution is 2.36. The van der Waals surface area contributed by atoms with Crippen LogP contribution in [0.1, 0.15) is 49.9 Å². The molecule has 5 nitrogen and oxygen atoms in total. The number of anilines is 1. The van der Waals surface area contributed by atoms with Gasteiger partial charge in [0.25, 0.3) is 5.91 Å². The van der Waals surface area contributed by atoms with E-state index >= 15 is 0 Å². The normalized spacial score (nSPS) is 16.1. The molecule has 0 heterocycles. The van der Waals surface area contributed by atoms with Gasteiger partial charge < -0.3 is 16.0 Å². The van der Waals surface area contributed by atoms with Crippen LogP contribution in [-0.2, 0) is 0 Å². The second kappa shape index (κ2) is 7.29. The van der Waals surface area contributed by atoms with E-state index in [-0.39, 0.29) is 17.4 Å². The minimum Gasteiger partial charge on any atom is -0.352 e. The van der Waals surface area contributed by atoms with E-state index in [4.69, 9.17) is 0 Å². The molecule has 1 aromatic rings. The zero-order chi connectivity index (χ0) is 16.0. The Morgan fingerprint density at radius 3 is 2.59 bits per heavy atom. The monoisotopic (exact) mass is 303 g/mol. The van der Waals surface area contributed by atoms with Gasteiger partial charge in [0, 0.05) is 24.3 Å². The lowest BCUT2D eigenvalue weighted by atomic mass is 9.89. The highest BCUT2D eigenvalue weighted by molar-refractivity contribution is 5.96. The molecule has 1 saturated carbocycles. The molecule has 0 unspecified atom stereocenters. The number of urea groups is 1. The van der Waals surface area contributed by atoms with Gasteiger partial charge >= 0.3 is 6.03 Å². The third-order valence-corrected chi connectivity index (χ3v) is 4.21. The summed E-state index contributed by atoms with van der Waals surface area (Å²) in [5, 5.41) is 8.47. The molecule has 0 bridgehead atoms. The van der Waals surface area contributed by atoms with Gasteiger partial charge in [-0.25, -0.2) is 4.79 Å². The third kappa shape index (κ3) is 4.48. The van der Waals surface area contributed by atoms with Crippen LogP contribution in [0, 0.1) is 5.41 Å². The quantitative estimate of drug-likeness (QED) is 0.782. The van der Waals surface area contributed by atoms with Crippen molar-refractivity contribution in [3.63, 3.8) is 0 Å². The number of carbonyl (C=O) groups excluding carboxylic acids is 2. The van der Waals surface area contributed by atoms with Gasteiger partial charge in [-0.3, -0.25) is 4.79 Å². The topological polar surface area (TPSA) is 70.2 Å². The van der Waals surface area contributed by atoms with E-state index in [1.54, 1.807) is 24.3 Å². The van der Waals surface area contributed by atoms with E-state index in [1.165, 1.54) is 25.7 Å². The van der Waals surface area contributed by atoms with Crippen LogP contribution in [0.2, 0.25) is 0 Å². The summed E-state index contributed by atoms with van der Waals surface area (Å²) < 4.78 is 0. The second-order valence-electron chi connectivity index (χ2n) is 6.27. The molecule has 1 aromatic carbocycles. The highest BCUT2D eigenvalue weighted by Gasteiger charge is 2.28. The molecule has 3 amide bonds. The van der Waals surface area contributed by atoms with Crippen molar-refractivity contribution >= 4 is 17.6 Å². The average molecular weight is 303 g/mol. The van der Waals surface area contributed by atoms with Gasteiger partial charge in [-0.05, 0) is 43.4 Å². The minimum absolute atomic E-state index is 0.134. The van der Waals surface area contributed by atoms with Gasteiger partial charge in [0.15, 0.2) is 0 Å². The van der Waals surface area contributed by atoms with Crippen molar-refractivity contribution in [3.8, 4) is 0 Å². The zero-order valence-electron chi connectivity index (χ0n) is 13.4. The molecule has 0 radical (unpaired) electrons. The van der Waals surface area contributed by atoms with Crippen LogP contribution in [0.4, 0.5) is 10.5 Å². The Morgan fingerprint density at radius 1 is 1.18 bits per heavy atom. The summed E-state index contributed by atoms with van der Waals surface area (Å²) in [6.07, 6.45) is 4.82. The molecule has 0 saturated heterocycles. The lowest BCUT2D eigenvalue weighted by Gasteiger charge is -2.23. The molecule has 1 aliphatic rings. The number of amides is 3. The van der Waals surface area contributed by atoms with Crippen molar-refractivity contribution in [1.82, 2.24) is 10.6 Å². The first kappa shape index (κ1) is 16.3. The standard InChI is InChI=1S/C17H25N3O2/c1-3-18-15(21)13-7-6-8-14(11-13)20-16(22)19-12-17(2)9-4-5-10-17/h6-8,11H,3-5,9-10,12H2,1-2H3,(H,18,21)(H2,19,20,22). The molecule has 0 aliphatic heterocycles. The maximum atomic E-state index is 12.0. The summed E-state index contributed by atoms with van der Waals surface area (Å²) >= 11 is 0. The molecule has 0 atom stereocenters. The fourth-order valence-corrected chi connectivity index (χ4v) is 2.88. The number of benzene rings is 1. The van der Waals surface area contributed by atoms with Gasteiger partial charge in [-0.2, -0.15) is 0 Å². The molecule has 1 fully saturated rings. The minimum atomic E-state index is -0.221. The third-order valence-electron chi connectivity index (χ3n) is 4.21. The number of hydrogen-bond acceptors (Lipinski definition) is 2. The fourth-order valence-electron chi connectivity index (χ4n) is 2.88. The number of rotatable bonds is 5. The van der Waals surface area contributed by atoms with Gasteiger partial charge in [0.1, 0.15) is 0 Å². The molecule has 0 spiro atoms. The summed E-state index contributed by atoms with van der Waals surface area (Å²) in [6, 6.07) is 6.73. The van der Waals surface area contributed by atoms with E-state index < -0.39 is 0 Å². The van der Waals surface area contributed by atoms with Crippen LogP contribution >= 0.6 is 0 Å². The van der Waals surface area contributed by atoms with Crippen molar-refractivity contribution < 1.29 is 9.59 Å². The Kier molecular flexibility index (Phi) is 5.41. The van der Waals surface area contributed by atoms with Crippen molar-refractivity contribution in [3.05, 3.63) is 29.8 Å². The van der Waals surface area contributed by atoms with Crippen LogP contribution in [0.15, 0.2) is 24.3 Å². The van der Waals surface area contributed by atoms with E-state index in [0.29, 0.717) is 24.3 Å². The highest BCUT2D eigenvalue weighted by atomic mass is 16.2. The maximum absolute atomic E-state index is 12.0. The summed E-state index contributed by atoms with van der Waals surface area (Å²) in [5.41, 5.74) is 1.39. The Labute approximate surface area is 131 Å². The number of nitrogens with one attached hydrogen (secondary N) is 3. The second-order valence-corrected chi connectivity index (χ2v) is 6.27. The van der Waals surface area contributed by atoms with Gasteiger partial charge in [0.05, 0.1) is 0 Å². The maximum Gasteiger partial charge on any atom is 0.319 e. The van der Waals surface area contributed by atoms with Crippen LogP contribution < -0.4 is 16.0 Å². The zero-order valence-corrected chi connectivity index (χ0v) is 13.4. The summed E-state index contributed by atoms with van der Waals surface area (Å²) in [4.78, 5) is 23.8. The van der Waals surface area contributed by atoms with Crippen molar-refractivity contribution in [1.29, 1.82) is 0 Å². The Morgan fingerprint density at radius 2 is 1.91 bits per heavy atom. The van der Waals surface area contributed by atoms with Crippen LogP contribution in [0.25, 0.3) is 0 Å². The van der Waals surface area contributed by atoms with Crippen LogP contribution in [0.5, 0.6) is 0 Å². The number of hydrogen-bond donors (Lipinski definition) is 3. The van der Waals surface area contributed by atoms with Crippen LogP contribution in [-0.4, -0.2) is 25.0 Å². The fraction of sp³-hybridized carbons (Fsp3) is 0.529. The Hall–Kier alpha value is -2.04. The largest absolute Gasteiger partial charge is 0.352 e. The molecule has 22 heavy (non-hydrogen) atoms. The predicted octanol–water partition coefficient (Wildman–Crippen LogP) is 3.14. The van der Waals surface area contributed by atoms with Crippen molar-refractivity contribution in [2.75, 3.05) is 18.4 Å². The molecular formula is C17H25N3O2. The summed E-state index contributed by atoms with van der Waals surface area (Å²) in [5.74, 6) is -0.134. The van der Waals surface area contributed by atoms with Gasteiger partial charge in [-0.1, -0.05) is 25.8 Å². The van der Waals surface area contributed by atoms with Gasteiger partial charge in [-0.15, -0.1) is 0 Å². The Bertz CT molecular complexity index is 536. The molecule has 120 valence electrons. The predicted molar refractivity (Wildman–Crippen MR) is 88.0 cm³/mol. The smallest absolute Gasteiger partial charge is 0.319 e. The van der Waals surface area contributed by atoms with E-state index in [1.807, 2.05) is 6.92 Å². The number of carbonyl (C=O) groups is 2. The first-order chi connectivity index (χ1) is 10.5. The molecule has 3 N–H and O–H groups in total. The SMILES string of the molecule is CCNC(=O)c1cccc(NC(=O)NCC2(C)CCCC2)c1. The molecule has 2 rings (SSSR count). The summed E-state index contributed by atoms with van der Waals surface area (Å²) in [6.45, 7) is 5.36. The van der Waals surface area contributed by atoms with E-state index in [0.717, 1.165) is 0 Å². The molecule has 1 aliphatic carbocycles. The lowest BCUT2D eigenvalue weighted by molar-refractivity contribution is 0.0956. The molecule has 5 heteroatoms. The first-order valence-corrected chi connectivity index (χ1v) is 7.95. The van der Waals surface area contributed by atoms with E-state index in [2.05, 4.69) is 22.9 Å². The Balaban J connectivity index is 1.88. The van der Waals surface area contributed by atoms with Crippen LogP contribution in [0.3, 0.4) is 0 Å². The van der Waals surface area contributed by atoms with Crippen molar-refractivity contribution in [2.45, 2.75) is 39.5 Å². The van der Waals surface area contributed by atoms with Gasteiger partial charge in [0.2, 0.25) is 0 Å². The first-order valence-electron chi connectivity index (χ1n) is 7.95. The van der Waals surface area contributed by atoms with E-state index in [9.17, 15) is 9.59 Å². The average Bonchev–Trinajstić information content (AvgIpc) is 2.93. The lowest BCUT2D eigenvalue weighted by Crippen LogP contribution is -2.36.